The molecule has 1 aromatic rings. The highest BCUT2D eigenvalue weighted by molar-refractivity contribution is 7.09. The van der Waals surface area contributed by atoms with Gasteiger partial charge in [-0.25, -0.2) is 4.98 Å². The molecule has 2 N–H and O–H groups in total. The quantitative estimate of drug-likeness (QED) is 0.807. The summed E-state index contributed by atoms with van der Waals surface area (Å²) in [4.78, 5) is 4.35. The van der Waals surface area contributed by atoms with Crippen molar-refractivity contribution in [3.8, 4) is 0 Å². The van der Waals surface area contributed by atoms with E-state index in [0.29, 0.717) is 19.0 Å². The van der Waals surface area contributed by atoms with Crippen LogP contribution in [0.4, 0.5) is 0 Å². The minimum atomic E-state index is -0.714. The Bertz CT molecular complexity index is 307. The maximum Gasteiger partial charge on any atom is 0.0957 e. The zero-order valence-electron chi connectivity index (χ0n) is 9.87. The fourth-order valence-corrected chi connectivity index (χ4v) is 2.25. The molecule has 1 heterocycles. The molecule has 0 radical (unpaired) electrons. The number of aryl methyl sites for hydroxylation is 1. The topological polar surface area (TPSA) is 45.1 Å². The van der Waals surface area contributed by atoms with Gasteiger partial charge in [0.25, 0.3) is 0 Å². The van der Waals surface area contributed by atoms with Gasteiger partial charge in [0.2, 0.25) is 0 Å². The first kappa shape index (κ1) is 12.6. The largest absolute Gasteiger partial charge is 0.388 e. The van der Waals surface area contributed by atoms with Crippen LogP contribution in [0.3, 0.4) is 0 Å². The van der Waals surface area contributed by atoms with E-state index in [2.05, 4.69) is 24.1 Å². The molecular weight excluding hydrogens is 208 g/mol. The molecule has 3 nitrogen and oxygen atoms in total. The van der Waals surface area contributed by atoms with E-state index >= 15 is 0 Å². The van der Waals surface area contributed by atoms with Gasteiger partial charge in [-0.15, -0.1) is 11.3 Å². The molecule has 1 atom stereocenters. The molecule has 0 amide bonds. The van der Waals surface area contributed by atoms with Crippen molar-refractivity contribution in [1.82, 2.24) is 10.3 Å². The molecule has 0 aliphatic rings. The summed E-state index contributed by atoms with van der Waals surface area (Å²) in [5.41, 5.74) is 0.316. The zero-order valence-corrected chi connectivity index (χ0v) is 10.7. The average Bonchev–Trinajstić information content (AvgIpc) is 2.47. The fraction of sp³-hybridized carbons (Fsp3) is 0.727. The van der Waals surface area contributed by atoms with Gasteiger partial charge in [0, 0.05) is 30.1 Å². The first-order chi connectivity index (χ1) is 6.89. The number of aliphatic hydroxyl groups is 1. The van der Waals surface area contributed by atoms with Gasteiger partial charge >= 0.3 is 0 Å². The summed E-state index contributed by atoms with van der Waals surface area (Å²) in [6.45, 7) is 8.57. The predicted molar refractivity (Wildman–Crippen MR) is 64.3 cm³/mol. The normalized spacial score (nSPS) is 15.6. The number of hydrogen-bond acceptors (Lipinski definition) is 4. The van der Waals surface area contributed by atoms with E-state index in [9.17, 15) is 5.11 Å². The molecular formula is C11H20N2OS. The van der Waals surface area contributed by atoms with Gasteiger partial charge in [0.15, 0.2) is 0 Å². The standard InChI is InChI=1S/C11H20N2OS/c1-8(2)12-7-11(4,14)5-10-13-9(3)6-15-10/h6,8,12,14H,5,7H2,1-4H3. The highest BCUT2D eigenvalue weighted by Gasteiger charge is 2.22. The van der Waals surface area contributed by atoms with Crippen LogP contribution in [-0.2, 0) is 6.42 Å². The molecule has 0 aliphatic heterocycles. The van der Waals surface area contributed by atoms with Crippen LogP contribution in [0.1, 0.15) is 31.5 Å². The highest BCUT2D eigenvalue weighted by atomic mass is 32.1. The molecule has 0 bridgehead atoms. The third-order valence-corrected chi connectivity index (χ3v) is 3.06. The first-order valence-corrected chi connectivity index (χ1v) is 6.14. The van der Waals surface area contributed by atoms with Crippen LogP contribution in [-0.4, -0.2) is 28.3 Å². The van der Waals surface area contributed by atoms with Crippen molar-refractivity contribution < 1.29 is 5.11 Å². The number of rotatable bonds is 5. The molecule has 1 aromatic heterocycles. The third kappa shape index (κ3) is 4.73. The summed E-state index contributed by atoms with van der Waals surface area (Å²) in [6.07, 6.45) is 0.616. The van der Waals surface area contributed by atoms with Crippen LogP contribution in [0.5, 0.6) is 0 Å². The third-order valence-electron chi connectivity index (χ3n) is 2.09. The summed E-state index contributed by atoms with van der Waals surface area (Å²) in [7, 11) is 0. The molecule has 0 fully saturated rings. The van der Waals surface area contributed by atoms with Gasteiger partial charge in [-0.2, -0.15) is 0 Å². The number of nitrogens with one attached hydrogen (secondary N) is 1. The maximum absolute atomic E-state index is 10.1. The van der Waals surface area contributed by atoms with Gasteiger partial charge in [0.05, 0.1) is 10.6 Å². The Balaban J connectivity index is 2.48. The van der Waals surface area contributed by atoms with Crippen LogP contribution in [0, 0.1) is 6.92 Å². The summed E-state index contributed by atoms with van der Waals surface area (Å²) in [6, 6.07) is 0.398. The number of hydrogen-bond donors (Lipinski definition) is 2. The Morgan fingerprint density at radius 2 is 2.27 bits per heavy atom. The van der Waals surface area contributed by atoms with E-state index in [1.807, 2.05) is 19.2 Å². The van der Waals surface area contributed by atoms with Crippen LogP contribution < -0.4 is 5.32 Å². The molecule has 0 saturated heterocycles. The van der Waals surface area contributed by atoms with Crippen molar-refractivity contribution >= 4 is 11.3 Å². The summed E-state index contributed by atoms with van der Waals surface area (Å²) < 4.78 is 0. The van der Waals surface area contributed by atoms with Crippen LogP contribution >= 0.6 is 11.3 Å². The molecule has 0 aliphatic carbocycles. The molecule has 0 spiro atoms. The summed E-state index contributed by atoms with van der Waals surface area (Å²) >= 11 is 1.61. The molecule has 1 unspecified atom stereocenters. The van der Waals surface area contributed by atoms with Gasteiger partial charge < -0.3 is 10.4 Å². The molecule has 0 saturated carbocycles. The van der Waals surface area contributed by atoms with Gasteiger partial charge in [-0.3, -0.25) is 0 Å². The van der Waals surface area contributed by atoms with E-state index in [4.69, 9.17) is 0 Å². The monoisotopic (exact) mass is 228 g/mol. The smallest absolute Gasteiger partial charge is 0.0957 e. The minimum Gasteiger partial charge on any atom is -0.388 e. The van der Waals surface area contributed by atoms with E-state index in [0.717, 1.165) is 10.7 Å². The Hall–Kier alpha value is -0.450. The van der Waals surface area contributed by atoms with E-state index < -0.39 is 5.60 Å². The number of nitrogens with zero attached hydrogens (tertiary/aromatic N) is 1. The Kier molecular flexibility index (Phi) is 4.25. The zero-order chi connectivity index (χ0) is 11.5. The minimum absolute atomic E-state index is 0.398. The highest BCUT2D eigenvalue weighted by Crippen LogP contribution is 2.16. The van der Waals surface area contributed by atoms with Crippen molar-refractivity contribution in [1.29, 1.82) is 0 Å². The van der Waals surface area contributed by atoms with E-state index in [-0.39, 0.29) is 0 Å². The maximum atomic E-state index is 10.1. The Morgan fingerprint density at radius 3 is 2.73 bits per heavy atom. The van der Waals surface area contributed by atoms with Crippen molar-refractivity contribution in [2.45, 2.75) is 45.8 Å². The predicted octanol–water partition coefficient (Wildman–Crippen LogP) is 1.74. The lowest BCUT2D eigenvalue weighted by molar-refractivity contribution is 0.0581. The van der Waals surface area contributed by atoms with Crippen molar-refractivity contribution in [2.24, 2.45) is 0 Å². The van der Waals surface area contributed by atoms with Crippen LogP contribution in [0.25, 0.3) is 0 Å². The summed E-state index contributed by atoms with van der Waals surface area (Å²) in [5, 5.41) is 16.4. The SMILES string of the molecule is Cc1csc(CC(C)(O)CNC(C)C)n1. The van der Waals surface area contributed by atoms with Crippen molar-refractivity contribution in [2.75, 3.05) is 6.54 Å². The molecule has 4 heteroatoms. The first-order valence-electron chi connectivity index (χ1n) is 5.26. The molecule has 15 heavy (non-hydrogen) atoms. The number of aromatic nitrogens is 1. The van der Waals surface area contributed by atoms with Gasteiger partial charge in [-0.1, -0.05) is 13.8 Å². The second-order valence-corrected chi connectivity index (χ2v) is 5.53. The Labute approximate surface area is 95.6 Å². The summed E-state index contributed by atoms with van der Waals surface area (Å²) in [5.74, 6) is 0. The molecule has 1 rings (SSSR count). The van der Waals surface area contributed by atoms with E-state index in [1.165, 1.54) is 0 Å². The fourth-order valence-electron chi connectivity index (χ4n) is 1.30. The Morgan fingerprint density at radius 1 is 1.60 bits per heavy atom. The number of thiazole rings is 1. The second kappa shape index (κ2) is 5.05. The molecule has 0 aromatic carbocycles. The van der Waals surface area contributed by atoms with Crippen molar-refractivity contribution in [3.05, 3.63) is 16.1 Å². The second-order valence-electron chi connectivity index (χ2n) is 4.59. The average molecular weight is 228 g/mol. The lowest BCUT2D eigenvalue weighted by Gasteiger charge is -2.24. The lowest BCUT2D eigenvalue weighted by atomic mass is 10.0. The van der Waals surface area contributed by atoms with E-state index in [1.54, 1.807) is 11.3 Å². The lowest BCUT2D eigenvalue weighted by Crippen LogP contribution is -2.42. The van der Waals surface area contributed by atoms with Crippen molar-refractivity contribution in [3.63, 3.8) is 0 Å². The van der Waals surface area contributed by atoms with Crippen LogP contribution in [0.15, 0.2) is 5.38 Å². The van der Waals surface area contributed by atoms with Crippen LogP contribution in [0.2, 0.25) is 0 Å². The molecule has 86 valence electrons. The van der Waals surface area contributed by atoms with Gasteiger partial charge in [-0.05, 0) is 13.8 Å². The van der Waals surface area contributed by atoms with Gasteiger partial charge in [0.1, 0.15) is 0 Å².